The van der Waals surface area contributed by atoms with Crippen LogP contribution in [0.15, 0.2) is 24.3 Å². The standard InChI is InChI=1S/C25H38N4O3/c1-5-9-22(30)28-16-12-21(13-17-28)25(18-20-11-7-6-10-19(20)2)23(31)29(24(32)26-25)15-8-14-27(3)4/h6-7,10-11,21H,5,8-9,12-18H2,1-4H3,(H,26,32)/t25-/m1/s1. The molecule has 3 rings (SSSR count). The molecule has 1 aromatic carbocycles. The van der Waals surface area contributed by atoms with Gasteiger partial charge in [-0.25, -0.2) is 4.79 Å². The van der Waals surface area contributed by atoms with E-state index in [0.29, 0.717) is 32.5 Å². The van der Waals surface area contributed by atoms with Gasteiger partial charge >= 0.3 is 6.03 Å². The second-order valence-electron chi connectivity index (χ2n) is 9.52. The first kappa shape index (κ1) is 24.2. The van der Waals surface area contributed by atoms with Crippen molar-refractivity contribution in [1.29, 1.82) is 0 Å². The fourth-order valence-electron chi connectivity index (χ4n) is 5.04. The van der Waals surface area contributed by atoms with Crippen LogP contribution in [0.1, 0.15) is 50.2 Å². The first-order chi connectivity index (χ1) is 15.3. The van der Waals surface area contributed by atoms with Crippen molar-refractivity contribution in [1.82, 2.24) is 20.0 Å². The fraction of sp³-hybridized carbons (Fsp3) is 0.640. The molecule has 7 nitrogen and oxygen atoms in total. The Balaban J connectivity index is 1.83. The van der Waals surface area contributed by atoms with E-state index >= 15 is 0 Å². The number of piperidine rings is 1. The number of carbonyl (C=O) groups excluding carboxylic acids is 3. The quantitative estimate of drug-likeness (QED) is 0.597. The molecular formula is C25H38N4O3. The van der Waals surface area contributed by atoms with E-state index in [1.54, 1.807) is 0 Å². The zero-order valence-electron chi connectivity index (χ0n) is 20.0. The molecule has 1 aromatic rings. The summed E-state index contributed by atoms with van der Waals surface area (Å²) in [6.07, 6.45) is 4.08. The summed E-state index contributed by atoms with van der Waals surface area (Å²) in [7, 11) is 3.98. The number of amides is 4. The molecule has 2 aliphatic rings. The second kappa shape index (κ2) is 10.5. The Labute approximate surface area is 192 Å². The monoisotopic (exact) mass is 442 g/mol. The second-order valence-corrected chi connectivity index (χ2v) is 9.52. The lowest BCUT2D eigenvalue weighted by molar-refractivity contribution is -0.136. The molecule has 0 unspecified atom stereocenters. The van der Waals surface area contributed by atoms with E-state index in [0.717, 1.165) is 43.4 Å². The molecule has 0 spiro atoms. The third-order valence-corrected chi connectivity index (χ3v) is 6.93. The molecule has 1 N–H and O–H groups in total. The molecular weight excluding hydrogens is 404 g/mol. The van der Waals surface area contributed by atoms with Crippen molar-refractivity contribution in [3.05, 3.63) is 35.4 Å². The zero-order chi connectivity index (χ0) is 23.3. The minimum atomic E-state index is -0.943. The van der Waals surface area contributed by atoms with Crippen molar-refractivity contribution in [3.8, 4) is 0 Å². The predicted octanol–water partition coefficient (Wildman–Crippen LogP) is 2.82. The molecule has 0 aromatic heterocycles. The lowest BCUT2D eigenvalue weighted by Crippen LogP contribution is -2.58. The SMILES string of the molecule is CCCC(=O)N1CCC([C@@]2(Cc3ccccc3C)NC(=O)N(CCCN(C)C)C2=O)CC1. The van der Waals surface area contributed by atoms with Gasteiger partial charge in [-0.3, -0.25) is 14.5 Å². The Morgan fingerprint density at radius 2 is 1.88 bits per heavy atom. The van der Waals surface area contributed by atoms with Crippen LogP contribution in [0.5, 0.6) is 0 Å². The Morgan fingerprint density at radius 3 is 2.50 bits per heavy atom. The van der Waals surface area contributed by atoms with Crippen LogP contribution in [-0.2, 0) is 16.0 Å². The fourth-order valence-corrected chi connectivity index (χ4v) is 5.04. The molecule has 0 aliphatic carbocycles. The summed E-state index contributed by atoms with van der Waals surface area (Å²) in [4.78, 5) is 44.5. The Morgan fingerprint density at radius 1 is 1.19 bits per heavy atom. The van der Waals surface area contributed by atoms with Gasteiger partial charge in [-0.1, -0.05) is 31.2 Å². The predicted molar refractivity (Wildman–Crippen MR) is 125 cm³/mol. The molecule has 0 bridgehead atoms. The van der Waals surface area contributed by atoms with Gasteiger partial charge in [-0.15, -0.1) is 0 Å². The van der Waals surface area contributed by atoms with E-state index in [4.69, 9.17) is 0 Å². The summed E-state index contributed by atoms with van der Waals surface area (Å²) in [5.41, 5.74) is 1.26. The number of nitrogens with one attached hydrogen (secondary N) is 1. The molecule has 2 heterocycles. The molecule has 4 amide bonds. The number of aryl methyl sites for hydroxylation is 1. The van der Waals surface area contributed by atoms with Gasteiger partial charge < -0.3 is 15.1 Å². The van der Waals surface area contributed by atoms with Crippen molar-refractivity contribution >= 4 is 17.8 Å². The Hall–Kier alpha value is -2.41. The molecule has 2 aliphatic heterocycles. The first-order valence-electron chi connectivity index (χ1n) is 11.9. The van der Waals surface area contributed by atoms with Crippen LogP contribution >= 0.6 is 0 Å². The molecule has 2 fully saturated rings. The Bertz CT molecular complexity index is 832. The molecule has 2 saturated heterocycles. The number of hydrogen-bond donors (Lipinski definition) is 1. The number of urea groups is 1. The minimum absolute atomic E-state index is 0.00285. The molecule has 0 saturated carbocycles. The maximum Gasteiger partial charge on any atom is 0.325 e. The maximum absolute atomic E-state index is 13.8. The molecule has 176 valence electrons. The number of rotatable bonds is 9. The van der Waals surface area contributed by atoms with Gasteiger partial charge in [0.1, 0.15) is 5.54 Å². The topological polar surface area (TPSA) is 73.0 Å². The largest absolute Gasteiger partial charge is 0.343 e. The third kappa shape index (κ3) is 5.14. The van der Waals surface area contributed by atoms with Gasteiger partial charge in [-0.2, -0.15) is 0 Å². The summed E-state index contributed by atoms with van der Waals surface area (Å²) >= 11 is 0. The van der Waals surface area contributed by atoms with Gasteiger partial charge in [0, 0.05) is 32.5 Å². The van der Waals surface area contributed by atoms with Crippen LogP contribution in [0.3, 0.4) is 0 Å². The molecule has 1 atom stereocenters. The van der Waals surface area contributed by atoms with Crippen molar-refractivity contribution in [2.45, 2.75) is 57.9 Å². The summed E-state index contributed by atoms with van der Waals surface area (Å²) in [5, 5.41) is 3.14. The number of carbonyl (C=O) groups is 3. The van der Waals surface area contributed by atoms with Gasteiger partial charge in [0.05, 0.1) is 0 Å². The number of benzene rings is 1. The zero-order valence-corrected chi connectivity index (χ0v) is 20.0. The van der Waals surface area contributed by atoms with Crippen LogP contribution in [0.4, 0.5) is 4.79 Å². The highest BCUT2D eigenvalue weighted by Crippen LogP contribution is 2.37. The smallest absolute Gasteiger partial charge is 0.325 e. The lowest BCUT2D eigenvalue weighted by atomic mass is 9.73. The van der Waals surface area contributed by atoms with Crippen molar-refractivity contribution < 1.29 is 14.4 Å². The van der Waals surface area contributed by atoms with E-state index in [-0.39, 0.29) is 23.8 Å². The normalized spacial score (nSPS) is 22.0. The first-order valence-corrected chi connectivity index (χ1v) is 11.9. The number of likely N-dealkylation sites (tertiary alicyclic amines) is 1. The maximum atomic E-state index is 13.8. The molecule has 0 radical (unpaired) electrons. The van der Waals surface area contributed by atoms with E-state index in [1.807, 2.05) is 57.1 Å². The van der Waals surface area contributed by atoms with E-state index in [1.165, 1.54) is 4.90 Å². The summed E-state index contributed by atoms with van der Waals surface area (Å²) in [5.74, 6) is 0.0805. The van der Waals surface area contributed by atoms with Gasteiger partial charge in [0.25, 0.3) is 5.91 Å². The van der Waals surface area contributed by atoms with Crippen LogP contribution in [0.2, 0.25) is 0 Å². The van der Waals surface area contributed by atoms with Crippen molar-refractivity contribution in [2.24, 2.45) is 5.92 Å². The van der Waals surface area contributed by atoms with Crippen LogP contribution in [0, 0.1) is 12.8 Å². The highest BCUT2D eigenvalue weighted by molar-refractivity contribution is 6.07. The minimum Gasteiger partial charge on any atom is -0.343 e. The van der Waals surface area contributed by atoms with Gasteiger partial charge in [0.15, 0.2) is 0 Å². The highest BCUT2D eigenvalue weighted by Gasteiger charge is 2.55. The number of hydrogen-bond acceptors (Lipinski definition) is 4. The Kier molecular flexibility index (Phi) is 7.93. The van der Waals surface area contributed by atoms with Crippen LogP contribution in [-0.4, -0.2) is 78.4 Å². The third-order valence-electron chi connectivity index (χ3n) is 6.93. The number of nitrogens with zero attached hydrogens (tertiary/aromatic N) is 3. The summed E-state index contributed by atoms with van der Waals surface area (Å²) in [6, 6.07) is 7.78. The lowest BCUT2D eigenvalue weighted by Gasteiger charge is -2.41. The van der Waals surface area contributed by atoms with Crippen LogP contribution < -0.4 is 5.32 Å². The average molecular weight is 443 g/mol. The van der Waals surface area contributed by atoms with Crippen LogP contribution in [0.25, 0.3) is 0 Å². The summed E-state index contributed by atoms with van der Waals surface area (Å²) in [6.45, 7) is 6.59. The van der Waals surface area contributed by atoms with E-state index in [9.17, 15) is 14.4 Å². The van der Waals surface area contributed by atoms with Crippen molar-refractivity contribution in [3.63, 3.8) is 0 Å². The van der Waals surface area contributed by atoms with E-state index < -0.39 is 5.54 Å². The van der Waals surface area contributed by atoms with E-state index in [2.05, 4.69) is 10.2 Å². The summed E-state index contributed by atoms with van der Waals surface area (Å²) < 4.78 is 0. The van der Waals surface area contributed by atoms with Gasteiger partial charge in [0.2, 0.25) is 5.91 Å². The number of imide groups is 1. The highest BCUT2D eigenvalue weighted by atomic mass is 16.2. The molecule has 7 heteroatoms. The average Bonchev–Trinajstić information content (AvgIpc) is 3.00. The van der Waals surface area contributed by atoms with Gasteiger partial charge in [-0.05, 0) is 70.3 Å². The molecule has 32 heavy (non-hydrogen) atoms. The van der Waals surface area contributed by atoms with Crippen molar-refractivity contribution in [2.75, 3.05) is 40.3 Å².